The van der Waals surface area contributed by atoms with E-state index in [0.717, 1.165) is 11.3 Å². The summed E-state index contributed by atoms with van der Waals surface area (Å²) in [4.78, 5) is 12.8. The van der Waals surface area contributed by atoms with Crippen molar-refractivity contribution in [2.75, 3.05) is 12.4 Å². The Morgan fingerprint density at radius 2 is 2.20 bits per heavy atom. The molecule has 78 valence electrons. The molecule has 5 nitrogen and oxygen atoms in total. The number of hydrogen-bond acceptors (Lipinski definition) is 3. The maximum absolute atomic E-state index is 11.3. The molecule has 0 aliphatic carbocycles. The number of anilines is 1. The summed E-state index contributed by atoms with van der Waals surface area (Å²) < 4.78 is 0. The second-order valence-electron chi connectivity index (χ2n) is 3.58. The second-order valence-corrected chi connectivity index (χ2v) is 3.58. The van der Waals surface area contributed by atoms with E-state index in [4.69, 9.17) is 10.0 Å². The van der Waals surface area contributed by atoms with Gasteiger partial charge in [-0.1, -0.05) is 12.1 Å². The highest BCUT2D eigenvalue weighted by Crippen LogP contribution is 2.20. The molecule has 0 saturated heterocycles. The fourth-order valence-corrected chi connectivity index (χ4v) is 1.56. The lowest BCUT2D eigenvalue weighted by Gasteiger charge is -2.26. The van der Waals surface area contributed by atoms with Crippen LogP contribution in [0.2, 0.25) is 0 Å². The number of carbonyl (C=O) groups is 1. The molecule has 0 spiro atoms. The molecule has 0 aromatic heterocycles. The molecule has 0 unspecified atom stereocenters. The lowest BCUT2D eigenvalue weighted by molar-refractivity contribution is 0.218. The Hall–Kier alpha value is -1.53. The molecule has 1 aromatic rings. The predicted molar refractivity (Wildman–Crippen MR) is 56.8 cm³/mol. The molecule has 2 amide bonds. The van der Waals surface area contributed by atoms with Crippen molar-refractivity contribution in [3.63, 3.8) is 0 Å². The Morgan fingerprint density at radius 1 is 1.47 bits per heavy atom. The Bertz CT molecular complexity index is 408. The number of urea groups is 1. The van der Waals surface area contributed by atoms with Crippen LogP contribution in [-0.4, -0.2) is 35.1 Å². The van der Waals surface area contributed by atoms with Crippen LogP contribution in [0.25, 0.3) is 0 Å². The van der Waals surface area contributed by atoms with E-state index in [9.17, 15) is 4.79 Å². The Morgan fingerprint density at radius 3 is 2.87 bits per heavy atom. The van der Waals surface area contributed by atoms with E-state index in [1.165, 1.54) is 4.90 Å². The average Bonchev–Trinajstić information content (AvgIpc) is 2.19. The van der Waals surface area contributed by atoms with Gasteiger partial charge < -0.3 is 20.3 Å². The zero-order valence-electron chi connectivity index (χ0n) is 8.27. The van der Waals surface area contributed by atoms with E-state index in [0.29, 0.717) is 12.0 Å². The van der Waals surface area contributed by atoms with Crippen molar-refractivity contribution in [1.29, 1.82) is 0 Å². The van der Waals surface area contributed by atoms with Gasteiger partial charge in [-0.3, -0.25) is 0 Å². The van der Waals surface area contributed by atoms with E-state index in [2.05, 4.69) is 5.32 Å². The van der Waals surface area contributed by atoms with Gasteiger partial charge in [0.25, 0.3) is 0 Å². The number of carbonyl (C=O) groups excluding carboxylic acids is 1. The third kappa shape index (κ3) is 1.81. The Labute approximate surface area is 87.5 Å². The maximum atomic E-state index is 11.3. The van der Waals surface area contributed by atoms with Gasteiger partial charge in [0.2, 0.25) is 0 Å². The summed E-state index contributed by atoms with van der Waals surface area (Å²) in [6.45, 7) is 0.474. The third-order valence-corrected chi connectivity index (χ3v) is 2.42. The molecular formula is C9H11BN2O3. The number of nitrogens with zero attached hydrogens (tertiary/aromatic N) is 1. The summed E-state index contributed by atoms with van der Waals surface area (Å²) in [6.07, 6.45) is 0. The summed E-state index contributed by atoms with van der Waals surface area (Å²) in [5, 5.41) is 20.7. The summed E-state index contributed by atoms with van der Waals surface area (Å²) >= 11 is 0. The van der Waals surface area contributed by atoms with Crippen LogP contribution in [0.1, 0.15) is 5.56 Å². The summed E-state index contributed by atoms with van der Waals surface area (Å²) in [5.41, 5.74) is 2.03. The molecule has 0 atom stereocenters. The molecule has 1 heterocycles. The fourth-order valence-electron chi connectivity index (χ4n) is 1.56. The molecule has 0 radical (unpaired) electrons. The van der Waals surface area contributed by atoms with Crippen molar-refractivity contribution >= 4 is 24.3 Å². The topological polar surface area (TPSA) is 72.8 Å². The van der Waals surface area contributed by atoms with E-state index < -0.39 is 7.12 Å². The molecule has 0 saturated carbocycles. The minimum atomic E-state index is -1.47. The normalized spacial score (nSPS) is 14.6. The first kappa shape index (κ1) is 10.0. The van der Waals surface area contributed by atoms with Crippen LogP contribution in [0, 0.1) is 0 Å². The lowest BCUT2D eigenvalue weighted by Crippen LogP contribution is -2.37. The summed E-state index contributed by atoms with van der Waals surface area (Å²) in [6, 6.07) is 4.78. The average molecular weight is 206 g/mol. The largest absolute Gasteiger partial charge is 0.488 e. The second kappa shape index (κ2) is 3.56. The van der Waals surface area contributed by atoms with Crippen LogP contribution in [0.5, 0.6) is 0 Å². The summed E-state index contributed by atoms with van der Waals surface area (Å²) in [7, 11) is 0.207. The molecular weight excluding hydrogens is 195 g/mol. The smallest absolute Gasteiger partial charge is 0.423 e. The van der Waals surface area contributed by atoms with Crippen LogP contribution in [0.3, 0.4) is 0 Å². The van der Waals surface area contributed by atoms with Crippen molar-refractivity contribution in [1.82, 2.24) is 4.90 Å². The van der Waals surface area contributed by atoms with Crippen molar-refractivity contribution in [3.05, 3.63) is 23.8 Å². The van der Waals surface area contributed by atoms with Crippen molar-refractivity contribution in [2.24, 2.45) is 0 Å². The van der Waals surface area contributed by atoms with Crippen LogP contribution in [0.15, 0.2) is 18.2 Å². The van der Waals surface area contributed by atoms with Crippen LogP contribution >= 0.6 is 0 Å². The highest BCUT2D eigenvalue weighted by molar-refractivity contribution is 6.58. The zero-order valence-corrected chi connectivity index (χ0v) is 8.27. The fraction of sp³-hybridized carbons (Fsp3) is 0.222. The first-order chi connectivity index (χ1) is 7.08. The molecule has 1 aliphatic heterocycles. The number of amides is 2. The molecule has 1 aliphatic rings. The van der Waals surface area contributed by atoms with Crippen molar-refractivity contribution < 1.29 is 14.8 Å². The van der Waals surface area contributed by atoms with Gasteiger partial charge in [0.15, 0.2) is 0 Å². The van der Waals surface area contributed by atoms with Gasteiger partial charge in [-0.25, -0.2) is 4.79 Å². The van der Waals surface area contributed by atoms with Crippen LogP contribution < -0.4 is 10.8 Å². The van der Waals surface area contributed by atoms with Gasteiger partial charge >= 0.3 is 13.1 Å². The van der Waals surface area contributed by atoms with Gasteiger partial charge in [0.05, 0.1) is 0 Å². The monoisotopic (exact) mass is 206 g/mol. The minimum absolute atomic E-state index is 0.153. The molecule has 0 fully saturated rings. The summed E-state index contributed by atoms with van der Waals surface area (Å²) in [5.74, 6) is 0. The van der Waals surface area contributed by atoms with Crippen molar-refractivity contribution in [3.8, 4) is 0 Å². The molecule has 3 N–H and O–H groups in total. The number of nitrogens with one attached hydrogen (secondary N) is 1. The molecule has 1 aromatic carbocycles. The Balaban J connectivity index is 2.37. The van der Waals surface area contributed by atoms with E-state index in [1.54, 1.807) is 25.2 Å². The van der Waals surface area contributed by atoms with Gasteiger partial charge in [-0.2, -0.15) is 0 Å². The number of fused-ring (bicyclic) bond motifs is 1. The van der Waals surface area contributed by atoms with Crippen molar-refractivity contribution in [2.45, 2.75) is 6.54 Å². The first-order valence-corrected chi connectivity index (χ1v) is 4.59. The quantitative estimate of drug-likeness (QED) is 0.534. The first-order valence-electron chi connectivity index (χ1n) is 4.59. The maximum Gasteiger partial charge on any atom is 0.488 e. The molecule has 2 rings (SSSR count). The highest BCUT2D eigenvalue weighted by atomic mass is 16.4. The van der Waals surface area contributed by atoms with E-state index in [1.807, 2.05) is 0 Å². The number of rotatable bonds is 1. The van der Waals surface area contributed by atoms with Gasteiger partial charge in [-0.05, 0) is 17.1 Å². The number of benzene rings is 1. The van der Waals surface area contributed by atoms with E-state index >= 15 is 0 Å². The lowest BCUT2D eigenvalue weighted by atomic mass is 9.79. The van der Waals surface area contributed by atoms with Crippen LogP contribution in [0.4, 0.5) is 10.5 Å². The highest BCUT2D eigenvalue weighted by Gasteiger charge is 2.21. The number of hydrogen-bond donors (Lipinski definition) is 3. The minimum Gasteiger partial charge on any atom is -0.423 e. The zero-order chi connectivity index (χ0) is 11.0. The van der Waals surface area contributed by atoms with Gasteiger partial charge in [0.1, 0.15) is 0 Å². The van der Waals surface area contributed by atoms with Gasteiger partial charge in [0, 0.05) is 19.3 Å². The SMILES string of the molecule is CN1Cc2cc(B(O)O)ccc2NC1=O. The third-order valence-electron chi connectivity index (χ3n) is 2.42. The molecule has 6 heteroatoms. The molecule has 0 bridgehead atoms. The Kier molecular flexibility index (Phi) is 2.38. The predicted octanol–water partition coefficient (Wildman–Crippen LogP) is -0.656. The van der Waals surface area contributed by atoms with Crippen LogP contribution in [-0.2, 0) is 6.54 Å². The standard InChI is InChI=1S/C9H11BN2O3/c1-12-5-6-4-7(10(14)15)2-3-8(6)11-9(12)13/h2-4,14-15H,5H2,1H3,(H,11,13). The van der Waals surface area contributed by atoms with E-state index in [-0.39, 0.29) is 6.03 Å². The molecule has 15 heavy (non-hydrogen) atoms. The van der Waals surface area contributed by atoms with Gasteiger partial charge in [-0.15, -0.1) is 0 Å².